The molecule has 0 spiro atoms. The average Bonchev–Trinajstić information content (AvgIpc) is 2.84. The lowest BCUT2D eigenvalue weighted by molar-refractivity contribution is 0.310. The highest BCUT2D eigenvalue weighted by Gasteiger charge is 2.04. The van der Waals surface area contributed by atoms with Gasteiger partial charge in [0, 0.05) is 26.2 Å². The molecule has 2 aliphatic rings. The Balaban J connectivity index is 0.000000151. The Labute approximate surface area is 94.3 Å². The van der Waals surface area contributed by atoms with Crippen molar-refractivity contribution in [2.24, 2.45) is 0 Å². The van der Waals surface area contributed by atoms with Gasteiger partial charge in [-0.05, 0) is 44.5 Å². The summed E-state index contributed by atoms with van der Waals surface area (Å²) in [5, 5.41) is 0. The van der Waals surface area contributed by atoms with E-state index in [0.29, 0.717) is 0 Å². The lowest BCUT2D eigenvalue weighted by Crippen LogP contribution is -2.23. The second-order valence-corrected chi connectivity index (χ2v) is 4.20. The average molecular weight is 208 g/mol. The monoisotopic (exact) mass is 208 g/mol. The van der Waals surface area contributed by atoms with Crippen LogP contribution in [0.4, 0.5) is 0 Å². The molecule has 0 radical (unpaired) electrons. The second kappa shape index (κ2) is 7.38. The zero-order chi connectivity index (χ0) is 10.9. The van der Waals surface area contributed by atoms with Crippen LogP contribution in [-0.4, -0.2) is 36.0 Å². The number of hydrogen-bond donors (Lipinski definition) is 0. The van der Waals surface area contributed by atoms with Gasteiger partial charge >= 0.3 is 0 Å². The zero-order valence-electron chi connectivity index (χ0n) is 9.83. The van der Waals surface area contributed by atoms with Crippen molar-refractivity contribution in [1.82, 2.24) is 9.80 Å². The number of hydrogen-bond acceptors (Lipinski definition) is 2. The van der Waals surface area contributed by atoms with Crippen LogP contribution in [0, 0.1) is 0 Å². The van der Waals surface area contributed by atoms with Crippen molar-refractivity contribution in [3.8, 4) is 0 Å². The summed E-state index contributed by atoms with van der Waals surface area (Å²) in [4.78, 5) is 4.53. The molecule has 0 aromatic heterocycles. The van der Waals surface area contributed by atoms with E-state index in [2.05, 4.69) is 23.0 Å². The van der Waals surface area contributed by atoms with Gasteiger partial charge in [-0.25, -0.2) is 0 Å². The van der Waals surface area contributed by atoms with Gasteiger partial charge in [0.05, 0.1) is 0 Å². The molecule has 2 heteroatoms. The standard InChI is InChI=1S/C7H13N.C6H11N/c1-2-8-6-4-3-5-7-8;1-2-7-5-3-4-6-7/h2H,1,3-7H2;2H,1,3-6H2. The van der Waals surface area contributed by atoms with E-state index in [4.69, 9.17) is 0 Å². The predicted octanol–water partition coefficient (Wildman–Crippen LogP) is 2.84. The van der Waals surface area contributed by atoms with E-state index in [1.54, 1.807) is 0 Å². The van der Waals surface area contributed by atoms with Crippen LogP contribution in [0.25, 0.3) is 0 Å². The number of rotatable bonds is 2. The maximum absolute atomic E-state index is 3.71. The summed E-state index contributed by atoms with van der Waals surface area (Å²) < 4.78 is 0. The molecular weight excluding hydrogens is 184 g/mol. The zero-order valence-corrected chi connectivity index (χ0v) is 9.83. The summed E-state index contributed by atoms with van der Waals surface area (Å²) in [6, 6.07) is 0. The molecule has 2 saturated heterocycles. The van der Waals surface area contributed by atoms with Crippen molar-refractivity contribution in [2.45, 2.75) is 32.1 Å². The van der Waals surface area contributed by atoms with E-state index in [9.17, 15) is 0 Å². The molecule has 0 amide bonds. The van der Waals surface area contributed by atoms with E-state index < -0.39 is 0 Å². The molecule has 0 saturated carbocycles. The number of likely N-dealkylation sites (tertiary alicyclic amines) is 2. The predicted molar refractivity (Wildman–Crippen MR) is 66.6 cm³/mol. The van der Waals surface area contributed by atoms with Crippen LogP contribution in [0.3, 0.4) is 0 Å². The normalized spacial score (nSPS) is 20.5. The summed E-state index contributed by atoms with van der Waals surface area (Å²) in [5.41, 5.74) is 0. The molecule has 0 N–H and O–H groups in total. The summed E-state index contributed by atoms with van der Waals surface area (Å²) in [7, 11) is 0. The van der Waals surface area contributed by atoms with Crippen LogP contribution in [-0.2, 0) is 0 Å². The molecule has 2 heterocycles. The van der Waals surface area contributed by atoms with E-state index in [1.165, 1.54) is 58.3 Å². The quantitative estimate of drug-likeness (QED) is 0.688. The minimum Gasteiger partial charge on any atom is -0.378 e. The first-order chi connectivity index (χ1) is 7.36. The number of nitrogens with zero attached hydrogens (tertiary/aromatic N) is 2. The van der Waals surface area contributed by atoms with Gasteiger partial charge in [-0.2, -0.15) is 0 Å². The third kappa shape index (κ3) is 4.91. The molecule has 0 bridgehead atoms. The maximum atomic E-state index is 3.71. The van der Waals surface area contributed by atoms with E-state index >= 15 is 0 Å². The van der Waals surface area contributed by atoms with Gasteiger partial charge in [0.15, 0.2) is 0 Å². The lowest BCUT2D eigenvalue weighted by atomic mass is 10.1. The van der Waals surface area contributed by atoms with Crippen molar-refractivity contribution in [1.29, 1.82) is 0 Å². The fourth-order valence-corrected chi connectivity index (χ4v) is 2.03. The fraction of sp³-hybridized carbons (Fsp3) is 0.692. The van der Waals surface area contributed by atoms with Crippen LogP contribution < -0.4 is 0 Å². The Morgan fingerprint density at radius 3 is 1.20 bits per heavy atom. The van der Waals surface area contributed by atoms with Crippen LogP contribution in [0.1, 0.15) is 32.1 Å². The van der Waals surface area contributed by atoms with Crippen LogP contribution >= 0.6 is 0 Å². The molecular formula is C13H24N2. The topological polar surface area (TPSA) is 6.48 Å². The van der Waals surface area contributed by atoms with Crippen molar-refractivity contribution in [2.75, 3.05) is 26.2 Å². The van der Waals surface area contributed by atoms with Crippen molar-refractivity contribution in [3.63, 3.8) is 0 Å². The van der Waals surface area contributed by atoms with Gasteiger partial charge < -0.3 is 9.80 Å². The van der Waals surface area contributed by atoms with Crippen molar-refractivity contribution >= 4 is 0 Å². The fourth-order valence-electron chi connectivity index (χ4n) is 2.03. The summed E-state index contributed by atoms with van der Waals surface area (Å²) in [6.45, 7) is 12.3. The molecule has 2 fully saturated rings. The first-order valence-electron chi connectivity index (χ1n) is 6.10. The summed E-state index contributed by atoms with van der Waals surface area (Å²) >= 11 is 0. The van der Waals surface area contributed by atoms with Gasteiger partial charge in [0.2, 0.25) is 0 Å². The Hall–Kier alpha value is -0.920. The summed E-state index contributed by atoms with van der Waals surface area (Å²) in [6.07, 6.45) is 10.7. The highest BCUT2D eigenvalue weighted by molar-refractivity contribution is 4.75. The molecule has 0 aliphatic carbocycles. The van der Waals surface area contributed by atoms with E-state index in [-0.39, 0.29) is 0 Å². The van der Waals surface area contributed by atoms with Gasteiger partial charge in [-0.1, -0.05) is 13.2 Å². The van der Waals surface area contributed by atoms with Crippen LogP contribution in [0.5, 0.6) is 0 Å². The lowest BCUT2D eigenvalue weighted by Gasteiger charge is -2.23. The maximum Gasteiger partial charge on any atom is 0.0172 e. The van der Waals surface area contributed by atoms with Crippen LogP contribution in [0.15, 0.2) is 25.6 Å². The van der Waals surface area contributed by atoms with E-state index in [0.717, 1.165) is 0 Å². The Kier molecular flexibility index (Phi) is 5.98. The molecule has 15 heavy (non-hydrogen) atoms. The van der Waals surface area contributed by atoms with Gasteiger partial charge in [0.25, 0.3) is 0 Å². The molecule has 86 valence electrons. The summed E-state index contributed by atoms with van der Waals surface area (Å²) in [5.74, 6) is 0. The van der Waals surface area contributed by atoms with Gasteiger partial charge in [-0.15, -0.1) is 0 Å². The minimum absolute atomic E-state index is 1.23. The first-order valence-corrected chi connectivity index (χ1v) is 6.10. The highest BCUT2D eigenvalue weighted by Crippen LogP contribution is 2.07. The van der Waals surface area contributed by atoms with Crippen molar-refractivity contribution < 1.29 is 0 Å². The second-order valence-electron chi connectivity index (χ2n) is 4.20. The SMILES string of the molecule is C=CN1CCCC1.C=CN1CCCCC1. The smallest absolute Gasteiger partial charge is 0.0172 e. The Bertz CT molecular complexity index is 177. The molecule has 0 aromatic carbocycles. The third-order valence-electron chi connectivity index (χ3n) is 3.05. The van der Waals surface area contributed by atoms with Crippen LogP contribution in [0.2, 0.25) is 0 Å². The molecule has 0 unspecified atom stereocenters. The molecule has 2 aliphatic heterocycles. The molecule has 0 atom stereocenters. The Morgan fingerprint density at radius 1 is 0.600 bits per heavy atom. The minimum atomic E-state index is 1.23. The van der Waals surface area contributed by atoms with Crippen molar-refractivity contribution in [3.05, 3.63) is 25.6 Å². The highest BCUT2D eigenvalue weighted by atomic mass is 15.1. The van der Waals surface area contributed by atoms with E-state index in [1.807, 2.05) is 12.4 Å². The number of piperidine rings is 1. The Morgan fingerprint density at radius 2 is 0.933 bits per heavy atom. The van der Waals surface area contributed by atoms with Gasteiger partial charge in [-0.3, -0.25) is 0 Å². The molecule has 2 nitrogen and oxygen atoms in total. The largest absolute Gasteiger partial charge is 0.378 e. The molecule has 0 aromatic rings. The molecule has 2 rings (SSSR count). The third-order valence-corrected chi connectivity index (χ3v) is 3.05. The van der Waals surface area contributed by atoms with Gasteiger partial charge in [0.1, 0.15) is 0 Å². The first kappa shape index (κ1) is 12.2.